The molecule has 1 atom stereocenters. The molecular formula is C22H19NO6. The zero-order valence-corrected chi connectivity index (χ0v) is 16.3. The van der Waals surface area contributed by atoms with Gasteiger partial charge in [0, 0.05) is 5.56 Å². The third kappa shape index (κ3) is 2.36. The summed E-state index contributed by atoms with van der Waals surface area (Å²) in [6.07, 6.45) is -0.455. The fourth-order valence-corrected chi connectivity index (χ4v) is 4.37. The van der Waals surface area contributed by atoms with Crippen molar-refractivity contribution in [2.75, 3.05) is 27.9 Å². The molecule has 0 N–H and O–H groups in total. The SMILES string of the molecule is COc1ccc2c3c(c4cc(OC)c(OC)cc4c2c1)C(=O)C1COC(=O)N1C3. The van der Waals surface area contributed by atoms with Gasteiger partial charge in [-0.25, -0.2) is 4.79 Å². The van der Waals surface area contributed by atoms with Crippen LogP contribution in [0.4, 0.5) is 4.79 Å². The van der Waals surface area contributed by atoms with Gasteiger partial charge in [-0.1, -0.05) is 6.07 Å². The lowest BCUT2D eigenvalue weighted by Gasteiger charge is -2.30. The highest BCUT2D eigenvalue weighted by atomic mass is 16.6. The van der Waals surface area contributed by atoms with Crippen LogP contribution in [0.25, 0.3) is 21.5 Å². The fourth-order valence-electron chi connectivity index (χ4n) is 4.37. The zero-order valence-electron chi connectivity index (χ0n) is 16.3. The molecule has 1 amide bonds. The van der Waals surface area contributed by atoms with Gasteiger partial charge in [0.25, 0.3) is 0 Å². The molecule has 1 unspecified atom stereocenters. The number of methoxy groups -OCH3 is 3. The Morgan fingerprint density at radius 1 is 0.897 bits per heavy atom. The second-order valence-electron chi connectivity index (χ2n) is 7.10. The Kier molecular flexibility index (Phi) is 3.81. The molecule has 148 valence electrons. The van der Waals surface area contributed by atoms with E-state index in [0.717, 1.165) is 27.1 Å². The first kappa shape index (κ1) is 17.6. The molecule has 7 heteroatoms. The molecular weight excluding hydrogens is 374 g/mol. The summed E-state index contributed by atoms with van der Waals surface area (Å²) in [6, 6.07) is 8.83. The summed E-state index contributed by atoms with van der Waals surface area (Å²) in [5.74, 6) is 1.70. The summed E-state index contributed by atoms with van der Waals surface area (Å²) in [4.78, 5) is 27.1. The topological polar surface area (TPSA) is 74.3 Å². The number of fused-ring (bicyclic) bond motifs is 7. The van der Waals surface area contributed by atoms with Gasteiger partial charge >= 0.3 is 6.09 Å². The van der Waals surface area contributed by atoms with Gasteiger partial charge in [-0.15, -0.1) is 0 Å². The van der Waals surface area contributed by atoms with Crippen LogP contribution in [0.3, 0.4) is 0 Å². The highest BCUT2D eigenvalue weighted by Gasteiger charge is 2.44. The molecule has 1 saturated heterocycles. The molecule has 0 aromatic heterocycles. The molecule has 0 radical (unpaired) electrons. The first-order valence-corrected chi connectivity index (χ1v) is 9.23. The number of cyclic esters (lactones) is 1. The van der Waals surface area contributed by atoms with Crippen molar-refractivity contribution in [2.24, 2.45) is 0 Å². The Hall–Kier alpha value is -3.48. The average molecular weight is 393 g/mol. The second kappa shape index (κ2) is 6.27. The van der Waals surface area contributed by atoms with Gasteiger partial charge in [0.2, 0.25) is 0 Å². The predicted molar refractivity (Wildman–Crippen MR) is 106 cm³/mol. The molecule has 2 aliphatic rings. The van der Waals surface area contributed by atoms with Crippen LogP contribution in [0.2, 0.25) is 0 Å². The minimum atomic E-state index is -0.595. The third-order valence-electron chi connectivity index (χ3n) is 5.79. The number of nitrogens with zero attached hydrogens (tertiary/aromatic N) is 1. The van der Waals surface area contributed by atoms with E-state index in [9.17, 15) is 9.59 Å². The van der Waals surface area contributed by atoms with E-state index in [-0.39, 0.29) is 12.4 Å². The van der Waals surface area contributed by atoms with Gasteiger partial charge in [0.05, 0.1) is 27.9 Å². The molecule has 5 rings (SSSR count). The van der Waals surface area contributed by atoms with Crippen molar-refractivity contribution in [2.45, 2.75) is 12.6 Å². The van der Waals surface area contributed by atoms with Crippen molar-refractivity contribution in [3.63, 3.8) is 0 Å². The maximum absolute atomic E-state index is 13.4. The van der Waals surface area contributed by atoms with Gasteiger partial charge in [0.1, 0.15) is 18.4 Å². The van der Waals surface area contributed by atoms with Gasteiger partial charge in [-0.05, 0) is 51.4 Å². The quantitative estimate of drug-likeness (QED) is 0.634. The number of hydrogen-bond donors (Lipinski definition) is 0. The van der Waals surface area contributed by atoms with E-state index in [0.29, 0.717) is 29.4 Å². The number of carbonyl (C=O) groups is 2. The molecule has 3 aromatic carbocycles. The van der Waals surface area contributed by atoms with E-state index in [1.807, 2.05) is 30.3 Å². The first-order valence-electron chi connectivity index (χ1n) is 9.23. The van der Waals surface area contributed by atoms with Gasteiger partial charge < -0.3 is 18.9 Å². The molecule has 7 nitrogen and oxygen atoms in total. The van der Waals surface area contributed by atoms with E-state index in [1.54, 1.807) is 21.3 Å². The third-order valence-corrected chi connectivity index (χ3v) is 5.79. The average Bonchev–Trinajstić information content (AvgIpc) is 3.13. The number of amides is 1. The van der Waals surface area contributed by atoms with Crippen molar-refractivity contribution >= 4 is 33.4 Å². The van der Waals surface area contributed by atoms with Crippen LogP contribution in [0.15, 0.2) is 30.3 Å². The number of benzene rings is 3. The number of Topliss-reactive ketones (excluding diaryl/α,β-unsaturated/α-hetero) is 1. The normalized spacial score (nSPS) is 17.9. The van der Waals surface area contributed by atoms with Crippen LogP contribution in [-0.4, -0.2) is 50.8 Å². The van der Waals surface area contributed by atoms with Crippen molar-refractivity contribution in [3.8, 4) is 17.2 Å². The standard InChI is InChI=1S/C22H19NO6/c1-26-11-4-5-12-13(6-11)14-7-18(27-2)19(28-3)8-15(14)20-16(12)9-23-17(21(20)24)10-29-22(23)25/h4-8,17H,9-10H2,1-3H3. The number of ketones is 1. The van der Waals surface area contributed by atoms with Gasteiger partial charge in [-0.2, -0.15) is 0 Å². The van der Waals surface area contributed by atoms with Crippen molar-refractivity contribution in [1.29, 1.82) is 0 Å². The van der Waals surface area contributed by atoms with E-state index in [2.05, 4.69) is 0 Å². The Labute approximate surface area is 166 Å². The van der Waals surface area contributed by atoms with Crippen LogP contribution in [0.5, 0.6) is 17.2 Å². The molecule has 2 aliphatic heterocycles. The van der Waals surface area contributed by atoms with E-state index in [1.165, 1.54) is 4.90 Å². The summed E-state index contributed by atoms with van der Waals surface area (Å²) >= 11 is 0. The maximum atomic E-state index is 13.4. The summed E-state index contributed by atoms with van der Waals surface area (Å²) < 4.78 is 21.5. The van der Waals surface area contributed by atoms with E-state index >= 15 is 0 Å². The van der Waals surface area contributed by atoms with E-state index in [4.69, 9.17) is 18.9 Å². The summed E-state index contributed by atoms with van der Waals surface area (Å²) in [5.41, 5.74) is 1.42. The highest BCUT2D eigenvalue weighted by Crippen LogP contribution is 2.43. The van der Waals surface area contributed by atoms with E-state index < -0.39 is 12.1 Å². The summed E-state index contributed by atoms with van der Waals surface area (Å²) in [7, 11) is 4.75. The van der Waals surface area contributed by atoms with Crippen LogP contribution >= 0.6 is 0 Å². The molecule has 1 fully saturated rings. The lowest BCUT2D eigenvalue weighted by Crippen LogP contribution is -2.43. The minimum absolute atomic E-state index is 0.0759. The van der Waals surface area contributed by atoms with Gasteiger partial charge in [0.15, 0.2) is 17.3 Å². The first-order chi connectivity index (χ1) is 14.1. The summed E-state index contributed by atoms with van der Waals surface area (Å²) in [5, 5.41) is 3.44. The van der Waals surface area contributed by atoms with Crippen molar-refractivity contribution in [3.05, 3.63) is 41.5 Å². The van der Waals surface area contributed by atoms with Crippen LogP contribution in [0.1, 0.15) is 15.9 Å². The monoisotopic (exact) mass is 393 g/mol. The molecule has 0 saturated carbocycles. The Morgan fingerprint density at radius 3 is 2.28 bits per heavy atom. The summed E-state index contributed by atoms with van der Waals surface area (Å²) in [6.45, 7) is 0.393. The number of rotatable bonds is 3. The molecule has 29 heavy (non-hydrogen) atoms. The van der Waals surface area contributed by atoms with Crippen molar-refractivity contribution in [1.82, 2.24) is 4.90 Å². The molecule has 0 bridgehead atoms. The highest BCUT2D eigenvalue weighted by molar-refractivity contribution is 6.22. The van der Waals surface area contributed by atoms with Crippen molar-refractivity contribution < 1.29 is 28.5 Å². The number of carbonyl (C=O) groups excluding carboxylic acids is 2. The Bertz CT molecular complexity index is 1200. The molecule has 0 aliphatic carbocycles. The number of hydrogen-bond acceptors (Lipinski definition) is 6. The second-order valence-corrected chi connectivity index (χ2v) is 7.10. The minimum Gasteiger partial charge on any atom is -0.497 e. The fraction of sp³-hybridized carbons (Fsp3) is 0.273. The number of ether oxygens (including phenoxy) is 4. The van der Waals surface area contributed by atoms with Crippen LogP contribution in [-0.2, 0) is 11.3 Å². The Morgan fingerprint density at radius 2 is 1.59 bits per heavy atom. The lowest BCUT2D eigenvalue weighted by molar-refractivity contribution is 0.0865. The van der Waals surface area contributed by atoms with Crippen LogP contribution < -0.4 is 14.2 Å². The smallest absolute Gasteiger partial charge is 0.410 e. The van der Waals surface area contributed by atoms with Crippen LogP contribution in [0, 0.1) is 0 Å². The predicted octanol–water partition coefficient (Wildman–Crippen LogP) is 3.54. The van der Waals surface area contributed by atoms with Gasteiger partial charge in [-0.3, -0.25) is 9.69 Å². The molecule has 2 heterocycles. The Balaban J connectivity index is 1.93. The maximum Gasteiger partial charge on any atom is 0.410 e. The zero-order chi connectivity index (χ0) is 20.3. The largest absolute Gasteiger partial charge is 0.497 e. The lowest BCUT2D eigenvalue weighted by atomic mass is 9.84. The molecule has 3 aromatic rings. The molecule has 0 spiro atoms.